The van der Waals surface area contributed by atoms with Gasteiger partial charge in [-0.1, -0.05) is 44.2 Å². The van der Waals surface area contributed by atoms with Gasteiger partial charge in [-0.15, -0.1) is 0 Å². The zero-order chi connectivity index (χ0) is 21.7. The number of anilines is 1. The fourth-order valence-electron chi connectivity index (χ4n) is 4.89. The lowest BCUT2D eigenvalue weighted by atomic mass is 9.73. The molecule has 30 heavy (non-hydrogen) atoms. The monoisotopic (exact) mass is 405 g/mol. The van der Waals surface area contributed by atoms with Gasteiger partial charge in [0.25, 0.3) is 5.91 Å². The van der Waals surface area contributed by atoms with Gasteiger partial charge < -0.3 is 16.0 Å². The predicted molar refractivity (Wildman–Crippen MR) is 122 cm³/mol. The smallest absolute Gasteiger partial charge is 0.252 e. The molecule has 158 valence electrons. The van der Waals surface area contributed by atoms with E-state index in [-0.39, 0.29) is 17.0 Å². The number of carbonyl (C=O) groups is 1. The number of hydrogen-bond acceptors (Lipinski definition) is 4. The van der Waals surface area contributed by atoms with Gasteiger partial charge in [0.15, 0.2) is 0 Å². The van der Waals surface area contributed by atoms with Crippen molar-refractivity contribution in [2.75, 3.05) is 19.4 Å². The second-order valence-electron chi connectivity index (χ2n) is 9.35. The fourth-order valence-corrected chi connectivity index (χ4v) is 4.89. The zero-order valence-electron chi connectivity index (χ0n) is 18.4. The van der Waals surface area contributed by atoms with Crippen LogP contribution in [-0.4, -0.2) is 46.1 Å². The molecule has 1 amide bonds. The number of amides is 1. The Kier molecular flexibility index (Phi) is 4.85. The van der Waals surface area contributed by atoms with Crippen LogP contribution < -0.4 is 11.1 Å². The third kappa shape index (κ3) is 3.06. The third-order valence-electron chi connectivity index (χ3n) is 7.49. The van der Waals surface area contributed by atoms with E-state index in [1.807, 2.05) is 28.9 Å². The molecule has 1 aromatic carbocycles. The maximum Gasteiger partial charge on any atom is 0.252 e. The molecule has 3 N–H and O–H groups in total. The van der Waals surface area contributed by atoms with Crippen LogP contribution in [0.25, 0.3) is 16.6 Å². The highest BCUT2D eigenvalue weighted by atomic mass is 16.1. The van der Waals surface area contributed by atoms with Crippen LogP contribution in [0.2, 0.25) is 0 Å². The molecule has 0 spiro atoms. The molecule has 2 heterocycles. The van der Waals surface area contributed by atoms with Gasteiger partial charge in [0, 0.05) is 28.8 Å². The second-order valence-corrected chi connectivity index (χ2v) is 9.35. The molecule has 1 saturated carbocycles. The number of aromatic nitrogens is 2. The standard InChI is InChI=1S/C24H31N5O/c1-23(2)20(11-12-24(23,3)28(4)5)27-21-18(22(25)30)14-26-29-15-17(13-19(21)29)16-9-7-6-8-10-16/h6-10,13-15,20,27H,11-12H2,1-5H3,(H2,25,30). The van der Waals surface area contributed by atoms with Crippen LogP contribution in [0.15, 0.2) is 48.8 Å². The highest BCUT2D eigenvalue weighted by molar-refractivity contribution is 6.02. The van der Waals surface area contributed by atoms with Crippen LogP contribution in [0.3, 0.4) is 0 Å². The van der Waals surface area contributed by atoms with Gasteiger partial charge in [0.05, 0.1) is 23.0 Å². The lowest BCUT2D eigenvalue weighted by Crippen LogP contribution is -2.53. The first kappa shape index (κ1) is 20.4. The minimum atomic E-state index is -0.471. The Morgan fingerprint density at radius 1 is 1.20 bits per heavy atom. The Labute approximate surface area is 178 Å². The molecule has 1 aliphatic rings. The van der Waals surface area contributed by atoms with Crippen LogP contribution in [0, 0.1) is 5.41 Å². The average molecular weight is 406 g/mol. The lowest BCUT2D eigenvalue weighted by molar-refractivity contribution is 0.0595. The van der Waals surface area contributed by atoms with E-state index in [2.05, 4.69) is 68.4 Å². The van der Waals surface area contributed by atoms with Gasteiger partial charge >= 0.3 is 0 Å². The Balaban J connectivity index is 1.80. The average Bonchev–Trinajstić information content (AvgIpc) is 3.24. The van der Waals surface area contributed by atoms with Gasteiger partial charge in [-0.2, -0.15) is 5.10 Å². The number of hydrogen-bond donors (Lipinski definition) is 2. The zero-order valence-corrected chi connectivity index (χ0v) is 18.4. The summed E-state index contributed by atoms with van der Waals surface area (Å²) in [6, 6.07) is 12.4. The Bertz CT molecular complexity index is 1090. The van der Waals surface area contributed by atoms with Crippen LogP contribution in [0.5, 0.6) is 0 Å². The Morgan fingerprint density at radius 3 is 2.50 bits per heavy atom. The SMILES string of the molecule is CN(C)C1(C)CCC(Nc2c(C(N)=O)cnn3cc(-c4ccccc4)cc23)C1(C)C. The summed E-state index contributed by atoms with van der Waals surface area (Å²) in [5.74, 6) is -0.471. The molecule has 1 fully saturated rings. The van der Waals surface area contributed by atoms with E-state index in [1.165, 1.54) is 0 Å². The number of carbonyl (C=O) groups excluding carboxylic acids is 1. The summed E-state index contributed by atoms with van der Waals surface area (Å²) in [7, 11) is 4.28. The number of primary amides is 1. The molecule has 6 heteroatoms. The minimum absolute atomic E-state index is 0.0134. The summed E-state index contributed by atoms with van der Waals surface area (Å²) < 4.78 is 1.82. The van der Waals surface area contributed by atoms with Crippen LogP contribution in [-0.2, 0) is 0 Å². The molecule has 0 bridgehead atoms. The summed E-state index contributed by atoms with van der Waals surface area (Å²) in [6.45, 7) is 6.91. The van der Waals surface area contributed by atoms with Crippen LogP contribution in [0.1, 0.15) is 44.0 Å². The van der Waals surface area contributed by atoms with Gasteiger partial charge in [0.2, 0.25) is 0 Å². The van der Waals surface area contributed by atoms with Crippen LogP contribution >= 0.6 is 0 Å². The molecular formula is C24H31N5O. The summed E-state index contributed by atoms with van der Waals surface area (Å²) in [6.07, 6.45) is 5.65. The molecule has 6 nitrogen and oxygen atoms in total. The molecule has 0 saturated heterocycles. The highest BCUT2D eigenvalue weighted by Crippen LogP contribution is 2.50. The van der Waals surface area contributed by atoms with Crippen molar-refractivity contribution in [1.82, 2.24) is 14.5 Å². The maximum atomic E-state index is 12.2. The number of fused-ring (bicyclic) bond motifs is 1. The predicted octanol–water partition coefficient (Wildman–Crippen LogP) is 4.02. The van der Waals surface area contributed by atoms with E-state index in [9.17, 15) is 4.79 Å². The van der Waals surface area contributed by atoms with Crippen molar-refractivity contribution in [2.45, 2.75) is 45.2 Å². The minimum Gasteiger partial charge on any atom is -0.379 e. The van der Waals surface area contributed by atoms with Gasteiger partial charge in [-0.05, 0) is 45.5 Å². The van der Waals surface area contributed by atoms with Crippen LogP contribution in [0.4, 0.5) is 5.69 Å². The van der Waals surface area contributed by atoms with E-state index in [0.717, 1.165) is 35.2 Å². The van der Waals surface area contributed by atoms with Crippen molar-refractivity contribution in [3.63, 3.8) is 0 Å². The quantitative estimate of drug-likeness (QED) is 0.672. The van der Waals surface area contributed by atoms with E-state index < -0.39 is 5.91 Å². The molecular weight excluding hydrogens is 374 g/mol. The highest BCUT2D eigenvalue weighted by Gasteiger charge is 2.53. The first-order valence-electron chi connectivity index (χ1n) is 10.5. The fraction of sp³-hybridized carbons (Fsp3) is 0.417. The van der Waals surface area contributed by atoms with Crippen molar-refractivity contribution in [3.05, 3.63) is 54.4 Å². The summed E-state index contributed by atoms with van der Waals surface area (Å²) >= 11 is 0. The molecule has 3 aromatic rings. The van der Waals surface area contributed by atoms with Crippen molar-refractivity contribution in [2.24, 2.45) is 11.1 Å². The molecule has 1 aliphatic carbocycles. The van der Waals surface area contributed by atoms with Gasteiger partial charge in [0.1, 0.15) is 0 Å². The number of nitrogens with two attached hydrogens (primary N) is 1. The number of nitrogens with one attached hydrogen (secondary N) is 1. The number of nitrogens with zero attached hydrogens (tertiary/aromatic N) is 3. The van der Waals surface area contributed by atoms with E-state index >= 15 is 0 Å². The van der Waals surface area contributed by atoms with Gasteiger partial charge in [-0.3, -0.25) is 4.79 Å². The van der Waals surface area contributed by atoms with Gasteiger partial charge in [-0.25, -0.2) is 4.52 Å². The third-order valence-corrected chi connectivity index (χ3v) is 7.49. The molecule has 2 aromatic heterocycles. The first-order chi connectivity index (χ1) is 14.1. The summed E-state index contributed by atoms with van der Waals surface area (Å²) in [4.78, 5) is 14.6. The number of rotatable bonds is 5. The second kappa shape index (κ2) is 7.13. The van der Waals surface area contributed by atoms with Crippen molar-refractivity contribution in [3.8, 4) is 11.1 Å². The molecule has 0 radical (unpaired) electrons. The molecule has 0 aliphatic heterocycles. The van der Waals surface area contributed by atoms with E-state index in [4.69, 9.17) is 5.73 Å². The van der Waals surface area contributed by atoms with Crippen molar-refractivity contribution >= 4 is 17.1 Å². The van der Waals surface area contributed by atoms with Crippen molar-refractivity contribution < 1.29 is 4.79 Å². The molecule has 4 rings (SSSR count). The van der Waals surface area contributed by atoms with E-state index in [0.29, 0.717) is 5.56 Å². The normalized spacial score (nSPS) is 23.2. The molecule has 2 atom stereocenters. The summed E-state index contributed by atoms with van der Waals surface area (Å²) in [5.41, 5.74) is 9.98. The number of benzene rings is 1. The first-order valence-corrected chi connectivity index (χ1v) is 10.5. The Morgan fingerprint density at radius 2 is 1.90 bits per heavy atom. The van der Waals surface area contributed by atoms with Crippen molar-refractivity contribution in [1.29, 1.82) is 0 Å². The Hall–Kier alpha value is -2.86. The lowest BCUT2D eigenvalue weighted by Gasteiger charge is -2.46. The maximum absolute atomic E-state index is 12.2. The summed E-state index contributed by atoms with van der Waals surface area (Å²) in [5, 5.41) is 8.16. The molecule has 2 unspecified atom stereocenters. The topological polar surface area (TPSA) is 75.7 Å². The van der Waals surface area contributed by atoms with E-state index in [1.54, 1.807) is 6.20 Å². The largest absolute Gasteiger partial charge is 0.379 e.